The molecule has 0 bridgehead atoms. The smallest absolute Gasteiger partial charge is 0.126 e. The monoisotopic (exact) mass is 248 g/mol. The van der Waals surface area contributed by atoms with Gasteiger partial charge >= 0.3 is 0 Å². The van der Waals surface area contributed by atoms with Crippen LogP contribution in [0.4, 0.5) is 0 Å². The van der Waals surface area contributed by atoms with E-state index in [2.05, 4.69) is 44.2 Å². The van der Waals surface area contributed by atoms with E-state index in [1.165, 1.54) is 11.5 Å². The van der Waals surface area contributed by atoms with Crippen LogP contribution in [0.3, 0.4) is 0 Å². The van der Waals surface area contributed by atoms with Gasteiger partial charge in [-0.05, 0) is 32.9 Å². The van der Waals surface area contributed by atoms with Gasteiger partial charge in [0.2, 0.25) is 0 Å². The summed E-state index contributed by atoms with van der Waals surface area (Å²) in [6.07, 6.45) is 4.29. The minimum atomic E-state index is 0.0278. The molecular weight excluding hydrogens is 224 g/mol. The third-order valence-corrected chi connectivity index (χ3v) is 4.71. The Labute approximate surface area is 103 Å². The van der Waals surface area contributed by atoms with Crippen molar-refractivity contribution in [3.63, 3.8) is 0 Å². The SMILES string of the molecule is CCC(CC)(N=NC(C)C)SCCSC. The zero-order valence-corrected chi connectivity index (χ0v) is 12.2. The molecule has 0 radical (unpaired) electrons. The van der Waals surface area contributed by atoms with Crippen LogP contribution in [0.1, 0.15) is 40.5 Å². The molecule has 0 spiro atoms. The summed E-state index contributed by atoms with van der Waals surface area (Å²) >= 11 is 3.85. The van der Waals surface area contributed by atoms with Crippen LogP contribution in [-0.4, -0.2) is 28.7 Å². The highest BCUT2D eigenvalue weighted by Gasteiger charge is 2.25. The molecule has 0 atom stereocenters. The number of hydrogen-bond donors (Lipinski definition) is 0. The summed E-state index contributed by atoms with van der Waals surface area (Å²) in [6, 6.07) is 0.309. The Morgan fingerprint density at radius 1 is 1.13 bits per heavy atom. The van der Waals surface area contributed by atoms with E-state index in [1.807, 2.05) is 23.5 Å². The van der Waals surface area contributed by atoms with Crippen molar-refractivity contribution >= 4 is 23.5 Å². The first-order valence-corrected chi connectivity index (χ1v) is 8.03. The van der Waals surface area contributed by atoms with E-state index >= 15 is 0 Å². The van der Waals surface area contributed by atoms with Crippen molar-refractivity contribution in [2.45, 2.75) is 51.4 Å². The van der Waals surface area contributed by atoms with Crippen LogP contribution in [0.5, 0.6) is 0 Å². The fraction of sp³-hybridized carbons (Fsp3) is 1.00. The predicted octanol–water partition coefficient (Wildman–Crippen LogP) is 4.46. The van der Waals surface area contributed by atoms with E-state index in [9.17, 15) is 0 Å². The van der Waals surface area contributed by atoms with E-state index in [4.69, 9.17) is 0 Å². The van der Waals surface area contributed by atoms with Gasteiger partial charge in [-0.25, -0.2) is 0 Å². The normalized spacial score (nSPS) is 12.9. The Bertz CT molecular complexity index is 177. The Balaban J connectivity index is 4.29. The molecule has 0 aliphatic heterocycles. The highest BCUT2D eigenvalue weighted by atomic mass is 32.2. The van der Waals surface area contributed by atoms with E-state index in [1.54, 1.807) is 0 Å². The van der Waals surface area contributed by atoms with E-state index < -0.39 is 0 Å². The molecule has 15 heavy (non-hydrogen) atoms. The standard InChI is InChI=1S/C11H24N2S2/c1-6-11(7-2,13-12-10(3)4)15-9-8-14-5/h10H,6-9H2,1-5H3. The Morgan fingerprint density at radius 2 is 1.73 bits per heavy atom. The minimum Gasteiger partial charge on any atom is -0.190 e. The molecule has 0 heterocycles. The van der Waals surface area contributed by atoms with Crippen LogP contribution in [0.2, 0.25) is 0 Å². The molecule has 2 nitrogen and oxygen atoms in total. The lowest BCUT2D eigenvalue weighted by Gasteiger charge is -2.25. The summed E-state index contributed by atoms with van der Waals surface area (Å²) in [5, 5.41) is 8.86. The van der Waals surface area contributed by atoms with E-state index in [0.717, 1.165) is 12.8 Å². The lowest BCUT2D eigenvalue weighted by Crippen LogP contribution is -2.20. The second-order valence-electron chi connectivity index (χ2n) is 3.80. The maximum absolute atomic E-state index is 4.54. The summed E-state index contributed by atoms with van der Waals surface area (Å²) in [6.45, 7) is 8.56. The zero-order chi connectivity index (χ0) is 11.7. The maximum Gasteiger partial charge on any atom is 0.126 e. The average Bonchev–Trinajstić information content (AvgIpc) is 2.23. The van der Waals surface area contributed by atoms with Gasteiger partial charge in [0.25, 0.3) is 0 Å². The van der Waals surface area contributed by atoms with Crippen molar-refractivity contribution in [2.75, 3.05) is 17.8 Å². The van der Waals surface area contributed by atoms with Gasteiger partial charge in [0.15, 0.2) is 0 Å². The number of hydrogen-bond acceptors (Lipinski definition) is 4. The number of thioether (sulfide) groups is 2. The molecule has 0 amide bonds. The summed E-state index contributed by atoms with van der Waals surface area (Å²) in [7, 11) is 0. The van der Waals surface area contributed by atoms with Crippen molar-refractivity contribution < 1.29 is 0 Å². The third-order valence-electron chi connectivity index (χ3n) is 2.23. The zero-order valence-electron chi connectivity index (χ0n) is 10.6. The molecule has 0 N–H and O–H groups in total. The fourth-order valence-electron chi connectivity index (χ4n) is 1.16. The molecule has 90 valence electrons. The highest BCUT2D eigenvalue weighted by Crippen LogP contribution is 2.34. The van der Waals surface area contributed by atoms with Gasteiger partial charge in [-0.1, -0.05) is 13.8 Å². The Morgan fingerprint density at radius 3 is 2.13 bits per heavy atom. The maximum atomic E-state index is 4.54. The molecular formula is C11H24N2S2. The fourth-order valence-corrected chi connectivity index (χ4v) is 3.05. The molecule has 0 aromatic rings. The van der Waals surface area contributed by atoms with Crippen LogP contribution in [0.15, 0.2) is 10.2 Å². The number of azo groups is 1. The minimum absolute atomic E-state index is 0.0278. The topological polar surface area (TPSA) is 24.7 Å². The molecule has 0 fully saturated rings. The van der Waals surface area contributed by atoms with Gasteiger partial charge in [0, 0.05) is 11.5 Å². The largest absolute Gasteiger partial charge is 0.190 e. The molecule has 0 unspecified atom stereocenters. The average molecular weight is 248 g/mol. The summed E-state index contributed by atoms with van der Waals surface area (Å²) in [5.41, 5.74) is 0. The highest BCUT2D eigenvalue weighted by molar-refractivity contribution is 8.03. The quantitative estimate of drug-likeness (QED) is 0.468. The van der Waals surface area contributed by atoms with Crippen molar-refractivity contribution in [3.05, 3.63) is 0 Å². The van der Waals surface area contributed by atoms with Gasteiger partial charge in [0.05, 0.1) is 6.04 Å². The summed E-state index contributed by atoms with van der Waals surface area (Å²) < 4.78 is 0. The van der Waals surface area contributed by atoms with Crippen LogP contribution >= 0.6 is 23.5 Å². The first-order chi connectivity index (χ1) is 7.10. The number of nitrogens with zero attached hydrogens (tertiary/aromatic N) is 2. The second kappa shape index (κ2) is 8.45. The molecule has 0 aromatic heterocycles. The molecule has 4 heteroatoms. The first kappa shape index (κ1) is 15.3. The van der Waals surface area contributed by atoms with Crippen LogP contribution in [0.25, 0.3) is 0 Å². The lowest BCUT2D eigenvalue weighted by molar-refractivity contribution is 0.525. The Kier molecular flexibility index (Phi) is 8.62. The van der Waals surface area contributed by atoms with Gasteiger partial charge in [-0.15, -0.1) is 11.8 Å². The van der Waals surface area contributed by atoms with Gasteiger partial charge in [-0.3, -0.25) is 0 Å². The van der Waals surface area contributed by atoms with Gasteiger partial charge in [-0.2, -0.15) is 22.0 Å². The molecule has 0 rings (SSSR count). The molecule has 0 saturated carbocycles. The van der Waals surface area contributed by atoms with Crippen molar-refractivity contribution in [3.8, 4) is 0 Å². The van der Waals surface area contributed by atoms with Gasteiger partial charge < -0.3 is 0 Å². The summed E-state index contributed by atoms with van der Waals surface area (Å²) in [5.74, 6) is 2.36. The van der Waals surface area contributed by atoms with Crippen LogP contribution < -0.4 is 0 Å². The van der Waals surface area contributed by atoms with Gasteiger partial charge in [0.1, 0.15) is 4.87 Å². The lowest BCUT2D eigenvalue weighted by atomic mass is 10.2. The second-order valence-corrected chi connectivity index (χ2v) is 6.25. The van der Waals surface area contributed by atoms with E-state index in [0.29, 0.717) is 6.04 Å². The third kappa shape index (κ3) is 6.46. The van der Waals surface area contributed by atoms with Crippen LogP contribution in [0, 0.1) is 0 Å². The van der Waals surface area contributed by atoms with E-state index in [-0.39, 0.29) is 4.87 Å². The van der Waals surface area contributed by atoms with Crippen molar-refractivity contribution in [1.29, 1.82) is 0 Å². The molecule has 0 aromatic carbocycles. The number of rotatable bonds is 8. The predicted molar refractivity (Wildman–Crippen MR) is 74.1 cm³/mol. The van der Waals surface area contributed by atoms with Crippen molar-refractivity contribution in [2.24, 2.45) is 10.2 Å². The Hall–Kier alpha value is 0.300. The molecule has 0 aliphatic carbocycles. The molecule has 0 aliphatic rings. The molecule has 0 saturated heterocycles. The van der Waals surface area contributed by atoms with Crippen LogP contribution in [-0.2, 0) is 0 Å². The summed E-state index contributed by atoms with van der Waals surface area (Å²) in [4.78, 5) is 0.0278. The first-order valence-electron chi connectivity index (χ1n) is 5.65. The van der Waals surface area contributed by atoms with Crippen molar-refractivity contribution in [1.82, 2.24) is 0 Å².